The summed E-state index contributed by atoms with van der Waals surface area (Å²) in [6.07, 6.45) is 0. The highest BCUT2D eigenvalue weighted by Gasteiger charge is 2.11. The standard InChI is InChI=1S/C13H9BrINO2/c14-10-6-5-8(15)7-11(10)16-13(18)9-3-1-2-4-12(9)17/h1-7,17H,(H,16,18). The normalized spacial score (nSPS) is 10.1. The van der Waals surface area contributed by atoms with Crippen molar-refractivity contribution in [2.24, 2.45) is 0 Å². The van der Waals surface area contributed by atoms with E-state index in [1.165, 1.54) is 6.07 Å². The topological polar surface area (TPSA) is 49.3 Å². The van der Waals surface area contributed by atoms with Gasteiger partial charge >= 0.3 is 0 Å². The number of rotatable bonds is 2. The number of hydrogen-bond acceptors (Lipinski definition) is 2. The van der Waals surface area contributed by atoms with Crippen LogP contribution in [0.1, 0.15) is 10.4 Å². The second-order valence-corrected chi connectivity index (χ2v) is 5.70. The van der Waals surface area contributed by atoms with Crippen molar-refractivity contribution in [1.82, 2.24) is 0 Å². The fourth-order valence-electron chi connectivity index (χ4n) is 1.45. The van der Waals surface area contributed by atoms with E-state index >= 15 is 0 Å². The number of carbonyl (C=O) groups excluding carboxylic acids is 1. The summed E-state index contributed by atoms with van der Waals surface area (Å²) in [4.78, 5) is 12.0. The second-order valence-electron chi connectivity index (χ2n) is 3.60. The van der Waals surface area contributed by atoms with Crippen molar-refractivity contribution < 1.29 is 9.90 Å². The molecule has 0 atom stereocenters. The Hall–Kier alpha value is -1.08. The first kappa shape index (κ1) is 13.4. The lowest BCUT2D eigenvalue weighted by molar-refractivity contribution is 0.102. The summed E-state index contributed by atoms with van der Waals surface area (Å²) in [5.41, 5.74) is 0.929. The van der Waals surface area contributed by atoms with E-state index in [9.17, 15) is 9.90 Å². The number of nitrogens with one attached hydrogen (secondary N) is 1. The van der Waals surface area contributed by atoms with Crippen LogP contribution in [0.2, 0.25) is 0 Å². The summed E-state index contributed by atoms with van der Waals surface area (Å²) in [5.74, 6) is -0.368. The fraction of sp³-hybridized carbons (Fsp3) is 0. The molecule has 2 aromatic rings. The smallest absolute Gasteiger partial charge is 0.259 e. The molecule has 2 N–H and O–H groups in total. The molecule has 2 rings (SSSR count). The van der Waals surface area contributed by atoms with E-state index in [1.807, 2.05) is 18.2 Å². The maximum atomic E-state index is 12.0. The van der Waals surface area contributed by atoms with E-state index < -0.39 is 0 Å². The van der Waals surface area contributed by atoms with Crippen LogP contribution in [0.3, 0.4) is 0 Å². The molecule has 5 heteroatoms. The minimum atomic E-state index is -0.337. The fourth-order valence-corrected chi connectivity index (χ4v) is 2.29. The Balaban J connectivity index is 2.27. The van der Waals surface area contributed by atoms with Gasteiger partial charge < -0.3 is 10.4 Å². The molecular weight excluding hydrogens is 409 g/mol. The van der Waals surface area contributed by atoms with Crippen LogP contribution in [0.25, 0.3) is 0 Å². The number of para-hydroxylation sites is 1. The van der Waals surface area contributed by atoms with Crippen LogP contribution in [0.5, 0.6) is 5.75 Å². The molecule has 0 saturated heterocycles. The zero-order chi connectivity index (χ0) is 13.1. The quantitative estimate of drug-likeness (QED) is 0.725. The van der Waals surface area contributed by atoms with Crippen LogP contribution < -0.4 is 5.32 Å². The van der Waals surface area contributed by atoms with E-state index in [-0.39, 0.29) is 17.2 Å². The largest absolute Gasteiger partial charge is 0.507 e. The predicted octanol–water partition coefficient (Wildman–Crippen LogP) is 4.01. The molecule has 92 valence electrons. The molecule has 18 heavy (non-hydrogen) atoms. The highest BCUT2D eigenvalue weighted by molar-refractivity contribution is 14.1. The molecular formula is C13H9BrINO2. The van der Waals surface area contributed by atoms with E-state index in [4.69, 9.17) is 0 Å². The minimum Gasteiger partial charge on any atom is -0.507 e. The molecule has 0 aliphatic carbocycles. The zero-order valence-corrected chi connectivity index (χ0v) is 12.9. The monoisotopic (exact) mass is 417 g/mol. The van der Waals surface area contributed by atoms with E-state index in [0.717, 1.165) is 8.04 Å². The highest BCUT2D eigenvalue weighted by atomic mass is 127. The lowest BCUT2D eigenvalue weighted by Crippen LogP contribution is -2.12. The van der Waals surface area contributed by atoms with E-state index in [2.05, 4.69) is 43.8 Å². The molecule has 0 aliphatic rings. The van der Waals surface area contributed by atoms with Crippen molar-refractivity contribution in [2.45, 2.75) is 0 Å². The molecule has 1 amide bonds. The Bertz CT molecular complexity index is 601. The van der Waals surface area contributed by atoms with E-state index in [0.29, 0.717) is 5.69 Å². The summed E-state index contributed by atoms with van der Waals surface area (Å²) >= 11 is 5.54. The summed E-state index contributed by atoms with van der Waals surface area (Å²) in [5, 5.41) is 12.4. The van der Waals surface area contributed by atoms with Gasteiger partial charge in [-0.3, -0.25) is 4.79 Å². The van der Waals surface area contributed by atoms with Gasteiger partial charge in [-0.05, 0) is 68.9 Å². The van der Waals surface area contributed by atoms with Gasteiger partial charge in [0.05, 0.1) is 11.3 Å². The number of carbonyl (C=O) groups is 1. The van der Waals surface area contributed by atoms with Crippen molar-refractivity contribution in [2.75, 3.05) is 5.32 Å². The number of phenols is 1. The van der Waals surface area contributed by atoms with Gasteiger partial charge in [0.15, 0.2) is 0 Å². The second kappa shape index (κ2) is 5.71. The zero-order valence-electron chi connectivity index (χ0n) is 9.15. The Labute approximate surface area is 126 Å². The van der Waals surface area contributed by atoms with Crippen molar-refractivity contribution in [3.8, 4) is 5.75 Å². The molecule has 0 unspecified atom stereocenters. The number of benzene rings is 2. The van der Waals surface area contributed by atoms with Gasteiger partial charge in [0.2, 0.25) is 0 Å². The molecule has 0 fully saturated rings. The third-order valence-corrected chi connectivity index (χ3v) is 3.69. The number of halogens is 2. The first-order valence-electron chi connectivity index (χ1n) is 5.12. The summed E-state index contributed by atoms with van der Waals surface area (Å²) < 4.78 is 1.81. The average Bonchev–Trinajstić information content (AvgIpc) is 2.34. The Morgan fingerprint density at radius 2 is 1.94 bits per heavy atom. The number of hydrogen-bond donors (Lipinski definition) is 2. The molecule has 0 heterocycles. The van der Waals surface area contributed by atoms with Crippen LogP contribution in [0.4, 0.5) is 5.69 Å². The number of aromatic hydroxyl groups is 1. The van der Waals surface area contributed by atoms with Gasteiger partial charge in [0.25, 0.3) is 5.91 Å². The van der Waals surface area contributed by atoms with Crippen molar-refractivity contribution in [1.29, 1.82) is 0 Å². The summed E-state index contributed by atoms with van der Waals surface area (Å²) in [6.45, 7) is 0. The van der Waals surface area contributed by atoms with Crippen molar-refractivity contribution in [3.63, 3.8) is 0 Å². The van der Waals surface area contributed by atoms with Gasteiger partial charge in [-0.1, -0.05) is 12.1 Å². The third kappa shape index (κ3) is 3.02. The summed E-state index contributed by atoms with van der Waals surface area (Å²) in [7, 11) is 0. The number of amides is 1. The van der Waals surface area contributed by atoms with Crippen LogP contribution in [0.15, 0.2) is 46.9 Å². The maximum Gasteiger partial charge on any atom is 0.259 e. The van der Waals surface area contributed by atoms with Crippen LogP contribution in [-0.4, -0.2) is 11.0 Å². The molecule has 0 saturated carbocycles. The third-order valence-electron chi connectivity index (χ3n) is 2.33. The van der Waals surface area contributed by atoms with Gasteiger partial charge in [-0.15, -0.1) is 0 Å². The Morgan fingerprint density at radius 3 is 2.67 bits per heavy atom. The van der Waals surface area contributed by atoms with Gasteiger partial charge in [-0.25, -0.2) is 0 Å². The molecule has 0 radical (unpaired) electrons. The highest BCUT2D eigenvalue weighted by Crippen LogP contribution is 2.26. The van der Waals surface area contributed by atoms with E-state index in [1.54, 1.807) is 18.2 Å². The van der Waals surface area contributed by atoms with Crippen LogP contribution >= 0.6 is 38.5 Å². The molecule has 3 nitrogen and oxygen atoms in total. The maximum absolute atomic E-state index is 12.0. The first-order valence-corrected chi connectivity index (χ1v) is 6.99. The summed E-state index contributed by atoms with van der Waals surface area (Å²) in [6, 6.07) is 12.1. The molecule has 2 aromatic carbocycles. The SMILES string of the molecule is O=C(Nc1cc(I)ccc1Br)c1ccccc1O. The van der Waals surface area contributed by atoms with Crippen molar-refractivity contribution >= 4 is 50.1 Å². The Morgan fingerprint density at radius 1 is 1.22 bits per heavy atom. The van der Waals surface area contributed by atoms with Crippen molar-refractivity contribution in [3.05, 3.63) is 56.1 Å². The average molecular weight is 418 g/mol. The number of anilines is 1. The molecule has 0 aliphatic heterocycles. The predicted molar refractivity (Wildman–Crippen MR) is 82.9 cm³/mol. The molecule has 0 bridgehead atoms. The van der Waals surface area contributed by atoms with Crippen LogP contribution in [-0.2, 0) is 0 Å². The van der Waals surface area contributed by atoms with Gasteiger partial charge in [0.1, 0.15) is 5.75 Å². The van der Waals surface area contributed by atoms with Crippen LogP contribution in [0, 0.1) is 3.57 Å². The first-order chi connectivity index (χ1) is 8.58. The number of phenolic OH excluding ortho intramolecular Hbond substituents is 1. The van der Waals surface area contributed by atoms with Gasteiger partial charge in [0, 0.05) is 8.04 Å². The Kier molecular flexibility index (Phi) is 4.23. The molecule has 0 aromatic heterocycles. The lowest BCUT2D eigenvalue weighted by Gasteiger charge is -2.08. The lowest BCUT2D eigenvalue weighted by atomic mass is 10.2. The molecule has 0 spiro atoms. The van der Waals surface area contributed by atoms with Gasteiger partial charge in [-0.2, -0.15) is 0 Å². The minimum absolute atomic E-state index is 0.0308.